The lowest BCUT2D eigenvalue weighted by molar-refractivity contribution is 0.0987. The van der Waals surface area contributed by atoms with Crippen molar-refractivity contribution in [3.63, 3.8) is 0 Å². The monoisotopic (exact) mass is 281 g/mol. The number of amides is 1. The molecule has 4 nitrogen and oxygen atoms in total. The van der Waals surface area contributed by atoms with E-state index in [9.17, 15) is 4.79 Å². The number of rotatable bonds is 2. The number of benzene rings is 2. The predicted octanol–water partition coefficient (Wildman–Crippen LogP) is 2.82. The molecule has 3 rings (SSSR count). The summed E-state index contributed by atoms with van der Waals surface area (Å²) >= 11 is 0. The van der Waals surface area contributed by atoms with Crippen molar-refractivity contribution in [2.45, 2.75) is 0 Å². The first-order chi connectivity index (χ1) is 10.2. The van der Waals surface area contributed by atoms with Crippen LogP contribution in [0.15, 0.2) is 48.5 Å². The maximum absolute atomic E-state index is 12.9. The standard InChI is InChI=1S/C17H19N3O/c1-18-14-8-4-3-7-13(14)17(21)20-12-11-19(2)15-9-5-6-10-16(15)20/h3-10,18H,11-12H2,1-2H3. The minimum absolute atomic E-state index is 0.0421. The summed E-state index contributed by atoms with van der Waals surface area (Å²) in [5, 5.41) is 3.09. The molecule has 0 bridgehead atoms. The lowest BCUT2D eigenvalue weighted by atomic mass is 10.1. The number of fused-ring (bicyclic) bond motifs is 1. The molecule has 0 saturated heterocycles. The van der Waals surface area contributed by atoms with Gasteiger partial charge in [0.1, 0.15) is 0 Å². The van der Waals surface area contributed by atoms with Crippen molar-refractivity contribution in [1.82, 2.24) is 0 Å². The number of anilines is 3. The first kappa shape index (κ1) is 13.5. The number of carbonyl (C=O) groups is 1. The summed E-state index contributed by atoms with van der Waals surface area (Å²) in [7, 11) is 3.90. The molecule has 21 heavy (non-hydrogen) atoms. The SMILES string of the molecule is CNc1ccccc1C(=O)N1CCN(C)c2ccccc21. The summed E-state index contributed by atoms with van der Waals surface area (Å²) in [6.07, 6.45) is 0. The van der Waals surface area contributed by atoms with Crippen molar-refractivity contribution in [1.29, 1.82) is 0 Å². The largest absolute Gasteiger partial charge is 0.387 e. The van der Waals surface area contributed by atoms with Crippen LogP contribution < -0.4 is 15.1 Å². The Morgan fingerprint density at radius 2 is 1.67 bits per heavy atom. The number of nitrogens with zero attached hydrogens (tertiary/aromatic N) is 2. The van der Waals surface area contributed by atoms with Gasteiger partial charge in [0.25, 0.3) is 5.91 Å². The zero-order valence-electron chi connectivity index (χ0n) is 12.3. The normalized spacial score (nSPS) is 13.8. The van der Waals surface area contributed by atoms with Crippen molar-refractivity contribution in [3.8, 4) is 0 Å². The van der Waals surface area contributed by atoms with E-state index in [4.69, 9.17) is 0 Å². The second-order valence-electron chi connectivity index (χ2n) is 5.16. The van der Waals surface area contributed by atoms with Crippen LogP contribution in [0.5, 0.6) is 0 Å². The average molecular weight is 281 g/mol. The maximum Gasteiger partial charge on any atom is 0.260 e. The Morgan fingerprint density at radius 1 is 1.00 bits per heavy atom. The third-order valence-corrected chi connectivity index (χ3v) is 3.91. The molecule has 2 aromatic rings. The van der Waals surface area contributed by atoms with E-state index in [0.29, 0.717) is 12.1 Å². The van der Waals surface area contributed by atoms with Crippen LogP contribution in [0, 0.1) is 0 Å². The molecule has 0 spiro atoms. The van der Waals surface area contributed by atoms with Crippen molar-refractivity contribution in [3.05, 3.63) is 54.1 Å². The summed E-state index contributed by atoms with van der Waals surface area (Å²) in [6, 6.07) is 15.7. The molecule has 1 aliphatic heterocycles. The minimum Gasteiger partial charge on any atom is -0.387 e. The Labute approximate surface area is 125 Å². The predicted molar refractivity (Wildman–Crippen MR) is 87.4 cm³/mol. The molecule has 1 aliphatic rings. The lowest BCUT2D eigenvalue weighted by Crippen LogP contribution is -2.42. The van der Waals surface area contributed by atoms with Gasteiger partial charge in [-0.3, -0.25) is 4.79 Å². The molecule has 0 fully saturated rings. The maximum atomic E-state index is 12.9. The van der Waals surface area contributed by atoms with Gasteiger partial charge in [-0.2, -0.15) is 0 Å². The van der Waals surface area contributed by atoms with E-state index in [2.05, 4.69) is 23.3 Å². The molecule has 0 aliphatic carbocycles. The van der Waals surface area contributed by atoms with Gasteiger partial charge in [-0.15, -0.1) is 0 Å². The van der Waals surface area contributed by atoms with Crippen LogP contribution in [0.3, 0.4) is 0 Å². The molecule has 0 saturated carbocycles. The number of likely N-dealkylation sites (N-methyl/N-ethyl adjacent to an activating group) is 1. The number of para-hydroxylation sites is 3. The summed E-state index contributed by atoms with van der Waals surface area (Å²) in [5.74, 6) is 0.0421. The van der Waals surface area contributed by atoms with Gasteiger partial charge in [-0.25, -0.2) is 0 Å². The molecule has 0 radical (unpaired) electrons. The van der Waals surface area contributed by atoms with Gasteiger partial charge in [0.05, 0.1) is 16.9 Å². The third kappa shape index (κ3) is 2.33. The molecule has 2 aromatic carbocycles. The van der Waals surface area contributed by atoms with Gasteiger partial charge in [-0.1, -0.05) is 24.3 Å². The molecule has 1 amide bonds. The summed E-state index contributed by atoms with van der Waals surface area (Å²) in [4.78, 5) is 17.0. The van der Waals surface area contributed by atoms with E-state index in [-0.39, 0.29) is 5.91 Å². The van der Waals surface area contributed by atoms with Gasteiger partial charge in [0, 0.05) is 32.9 Å². The molecule has 0 atom stereocenters. The Morgan fingerprint density at radius 3 is 2.43 bits per heavy atom. The minimum atomic E-state index is 0.0421. The topological polar surface area (TPSA) is 35.6 Å². The first-order valence-corrected chi connectivity index (χ1v) is 7.11. The fraction of sp³-hybridized carbons (Fsp3) is 0.235. The van der Waals surface area contributed by atoms with Crippen LogP contribution >= 0.6 is 0 Å². The van der Waals surface area contributed by atoms with Crippen molar-refractivity contribution < 1.29 is 4.79 Å². The molecule has 0 unspecified atom stereocenters. The molecule has 1 heterocycles. The molecular weight excluding hydrogens is 262 g/mol. The first-order valence-electron chi connectivity index (χ1n) is 7.11. The van der Waals surface area contributed by atoms with Crippen LogP contribution in [0.25, 0.3) is 0 Å². The zero-order valence-corrected chi connectivity index (χ0v) is 12.3. The van der Waals surface area contributed by atoms with E-state index >= 15 is 0 Å². The molecule has 4 heteroatoms. The van der Waals surface area contributed by atoms with E-state index in [1.165, 1.54) is 0 Å². The Hall–Kier alpha value is -2.49. The number of hydrogen-bond donors (Lipinski definition) is 1. The molecule has 108 valence electrons. The van der Waals surface area contributed by atoms with Crippen LogP contribution in [-0.4, -0.2) is 33.1 Å². The highest BCUT2D eigenvalue weighted by Crippen LogP contribution is 2.33. The summed E-state index contributed by atoms with van der Waals surface area (Å²) in [5.41, 5.74) is 3.64. The van der Waals surface area contributed by atoms with Gasteiger partial charge >= 0.3 is 0 Å². The van der Waals surface area contributed by atoms with Crippen LogP contribution in [0.1, 0.15) is 10.4 Å². The van der Waals surface area contributed by atoms with Crippen LogP contribution in [0.2, 0.25) is 0 Å². The van der Waals surface area contributed by atoms with Crippen molar-refractivity contribution in [2.75, 3.05) is 42.3 Å². The fourth-order valence-corrected chi connectivity index (χ4v) is 2.75. The van der Waals surface area contributed by atoms with Gasteiger partial charge in [0.15, 0.2) is 0 Å². The van der Waals surface area contributed by atoms with Crippen molar-refractivity contribution >= 4 is 23.0 Å². The smallest absolute Gasteiger partial charge is 0.260 e. The highest BCUT2D eigenvalue weighted by Gasteiger charge is 2.26. The quantitative estimate of drug-likeness (QED) is 0.919. The molecule has 0 aromatic heterocycles. The van der Waals surface area contributed by atoms with Gasteiger partial charge < -0.3 is 15.1 Å². The van der Waals surface area contributed by atoms with Crippen molar-refractivity contribution in [2.24, 2.45) is 0 Å². The summed E-state index contributed by atoms with van der Waals surface area (Å²) in [6.45, 7) is 1.54. The van der Waals surface area contributed by atoms with E-state index in [1.54, 1.807) is 0 Å². The molecular formula is C17H19N3O. The van der Waals surface area contributed by atoms with Gasteiger partial charge in [0.2, 0.25) is 0 Å². The third-order valence-electron chi connectivity index (χ3n) is 3.91. The second kappa shape index (κ2) is 5.48. The Bertz CT molecular complexity index is 669. The fourth-order valence-electron chi connectivity index (χ4n) is 2.75. The Kier molecular flexibility index (Phi) is 3.52. The number of nitrogens with one attached hydrogen (secondary N) is 1. The summed E-state index contributed by atoms with van der Waals surface area (Å²) < 4.78 is 0. The van der Waals surface area contributed by atoms with Gasteiger partial charge in [-0.05, 0) is 24.3 Å². The van der Waals surface area contributed by atoms with E-state index < -0.39 is 0 Å². The van der Waals surface area contributed by atoms with E-state index in [1.807, 2.05) is 54.4 Å². The number of carbonyl (C=O) groups excluding carboxylic acids is 1. The van der Waals surface area contributed by atoms with E-state index in [0.717, 1.165) is 23.6 Å². The van der Waals surface area contributed by atoms with Crippen LogP contribution in [-0.2, 0) is 0 Å². The highest BCUT2D eigenvalue weighted by molar-refractivity contribution is 6.11. The molecule has 1 N–H and O–H groups in total. The average Bonchev–Trinajstić information content (AvgIpc) is 2.55. The number of hydrogen-bond acceptors (Lipinski definition) is 3. The second-order valence-corrected chi connectivity index (χ2v) is 5.16. The zero-order chi connectivity index (χ0) is 14.8. The highest BCUT2D eigenvalue weighted by atomic mass is 16.2. The van der Waals surface area contributed by atoms with Crippen LogP contribution in [0.4, 0.5) is 17.1 Å². The lowest BCUT2D eigenvalue weighted by Gasteiger charge is -2.35. The Balaban J connectivity index is 2.01.